The molecule has 1 unspecified atom stereocenters. The highest BCUT2D eigenvalue weighted by Gasteiger charge is 2.22. The lowest BCUT2D eigenvalue weighted by atomic mass is 10.4. The fourth-order valence-corrected chi connectivity index (χ4v) is 1.95. The number of hydrogen-bond acceptors (Lipinski definition) is 3. The molecule has 0 saturated heterocycles. The lowest BCUT2D eigenvalue weighted by Crippen LogP contribution is -2.18. The second-order valence-corrected chi connectivity index (χ2v) is 4.89. The van der Waals surface area contributed by atoms with Crippen molar-refractivity contribution in [2.75, 3.05) is 0 Å². The molecule has 0 N–H and O–H groups in total. The lowest BCUT2D eigenvalue weighted by Gasteiger charge is -2.04. The Labute approximate surface area is 77.3 Å². The maximum Gasteiger partial charge on any atom is 0.217 e. The van der Waals surface area contributed by atoms with Crippen molar-refractivity contribution >= 4 is 16.1 Å². The van der Waals surface area contributed by atoms with Crippen LogP contribution in [0.2, 0.25) is 0 Å². The molecule has 0 bridgehead atoms. The fraction of sp³-hybridized carbons (Fsp3) is 0.222. The molecule has 1 aromatic carbocycles. The SMILES string of the molecule is CC([C]=O)S(=O)(=O)c1ccccc1. The summed E-state index contributed by atoms with van der Waals surface area (Å²) in [6.45, 7) is 1.31. The van der Waals surface area contributed by atoms with Crippen LogP contribution in [0.4, 0.5) is 0 Å². The standard InChI is InChI=1S/C9H9O3S/c1-8(7-10)13(11,12)9-5-3-2-4-6-9/h2-6,8H,1H3. The van der Waals surface area contributed by atoms with Gasteiger partial charge in [-0.3, -0.25) is 4.79 Å². The molecule has 1 atom stereocenters. The summed E-state index contributed by atoms with van der Waals surface area (Å²) in [5.41, 5.74) is 0. The Balaban J connectivity index is 3.16. The second-order valence-electron chi connectivity index (χ2n) is 2.62. The zero-order chi connectivity index (χ0) is 9.90. The maximum atomic E-state index is 11.5. The molecule has 0 aliphatic carbocycles. The summed E-state index contributed by atoms with van der Waals surface area (Å²) in [5, 5.41) is -1.10. The van der Waals surface area contributed by atoms with Gasteiger partial charge in [-0.15, -0.1) is 0 Å². The largest absolute Gasteiger partial charge is 0.289 e. The lowest BCUT2D eigenvalue weighted by molar-refractivity contribution is 0.548. The van der Waals surface area contributed by atoms with E-state index in [1.165, 1.54) is 25.3 Å². The van der Waals surface area contributed by atoms with Gasteiger partial charge in [0.05, 0.1) is 4.90 Å². The van der Waals surface area contributed by atoms with Crippen molar-refractivity contribution in [3.05, 3.63) is 30.3 Å². The third kappa shape index (κ3) is 1.95. The van der Waals surface area contributed by atoms with Crippen LogP contribution in [0.1, 0.15) is 6.92 Å². The van der Waals surface area contributed by atoms with Crippen LogP contribution < -0.4 is 0 Å². The predicted octanol–water partition coefficient (Wildman–Crippen LogP) is 0.959. The van der Waals surface area contributed by atoms with Crippen LogP contribution in [0.3, 0.4) is 0 Å². The summed E-state index contributed by atoms with van der Waals surface area (Å²) < 4.78 is 23.0. The maximum absolute atomic E-state index is 11.5. The Morgan fingerprint density at radius 1 is 1.23 bits per heavy atom. The Morgan fingerprint density at radius 2 is 1.77 bits per heavy atom. The minimum absolute atomic E-state index is 0.158. The van der Waals surface area contributed by atoms with Gasteiger partial charge in [0.15, 0.2) is 9.84 Å². The van der Waals surface area contributed by atoms with Gasteiger partial charge in [0.25, 0.3) is 0 Å². The van der Waals surface area contributed by atoms with E-state index in [9.17, 15) is 13.2 Å². The topological polar surface area (TPSA) is 51.2 Å². The molecule has 0 fully saturated rings. The van der Waals surface area contributed by atoms with Gasteiger partial charge in [-0.1, -0.05) is 18.2 Å². The van der Waals surface area contributed by atoms with Gasteiger partial charge >= 0.3 is 0 Å². The van der Waals surface area contributed by atoms with E-state index in [1.54, 1.807) is 18.2 Å². The molecule has 0 aliphatic rings. The first-order valence-corrected chi connectivity index (χ1v) is 5.30. The highest BCUT2D eigenvalue weighted by Crippen LogP contribution is 2.13. The van der Waals surface area contributed by atoms with Gasteiger partial charge in [-0.2, -0.15) is 0 Å². The molecule has 0 aliphatic heterocycles. The zero-order valence-corrected chi connectivity index (χ0v) is 7.91. The van der Waals surface area contributed by atoms with Gasteiger partial charge in [-0.25, -0.2) is 8.42 Å². The minimum Gasteiger partial charge on any atom is -0.289 e. The number of rotatable bonds is 3. The van der Waals surface area contributed by atoms with Crippen LogP contribution in [0.25, 0.3) is 0 Å². The smallest absolute Gasteiger partial charge is 0.217 e. The van der Waals surface area contributed by atoms with Crippen molar-refractivity contribution in [2.45, 2.75) is 17.1 Å². The van der Waals surface area contributed by atoms with Crippen molar-refractivity contribution in [1.29, 1.82) is 0 Å². The normalized spacial score (nSPS) is 13.6. The molecular formula is C9H9O3S. The molecule has 69 valence electrons. The number of benzene rings is 1. The summed E-state index contributed by atoms with van der Waals surface area (Å²) in [6.07, 6.45) is 1.47. The second kappa shape index (κ2) is 3.70. The van der Waals surface area contributed by atoms with Crippen molar-refractivity contribution in [3.63, 3.8) is 0 Å². The van der Waals surface area contributed by atoms with Crippen LogP contribution in [0.15, 0.2) is 35.2 Å². The predicted molar refractivity (Wildman–Crippen MR) is 48.8 cm³/mol. The van der Waals surface area contributed by atoms with Crippen molar-refractivity contribution in [1.82, 2.24) is 0 Å². The van der Waals surface area contributed by atoms with E-state index in [1.807, 2.05) is 0 Å². The van der Waals surface area contributed by atoms with Crippen LogP contribution in [0, 0.1) is 0 Å². The van der Waals surface area contributed by atoms with E-state index in [2.05, 4.69) is 0 Å². The molecular weight excluding hydrogens is 188 g/mol. The van der Waals surface area contributed by atoms with Gasteiger partial charge < -0.3 is 0 Å². The molecule has 0 heterocycles. The van der Waals surface area contributed by atoms with E-state index in [-0.39, 0.29) is 4.90 Å². The summed E-state index contributed by atoms with van der Waals surface area (Å²) >= 11 is 0. The zero-order valence-electron chi connectivity index (χ0n) is 7.10. The highest BCUT2D eigenvalue weighted by atomic mass is 32.2. The van der Waals surface area contributed by atoms with Crippen molar-refractivity contribution < 1.29 is 13.2 Å². The summed E-state index contributed by atoms with van der Waals surface area (Å²) in [5.74, 6) is 0. The molecule has 1 rings (SSSR count). The highest BCUT2D eigenvalue weighted by molar-refractivity contribution is 7.92. The first-order valence-electron chi connectivity index (χ1n) is 3.75. The van der Waals surface area contributed by atoms with Gasteiger partial charge in [0.1, 0.15) is 5.25 Å². The number of sulfone groups is 1. The van der Waals surface area contributed by atoms with Gasteiger partial charge in [-0.05, 0) is 19.1 Å². The average Bonchev–Trinajstić information content (AvgIpc) is 2.18. The fourth-order valence-electron chi connectivity index (χ4n) is 0.878. The molecule has 0 aromatic heterocycles. The van der Waals surface area contributed by atoms with E-state index >= 15 is 0 Å². The summed E-state index contributed by atoms with van der Waals surface area (Å²) in [6, 6.07) is 7.87. The third-order valence-corrected chi connectivity index (χ3v) is 3.66. The summed E-state index contributed by atoms with van der Waals surface area (Å²) in [7, 11) is -3.51. The monoisotopic (exact) mass is 197 g/mol. The molecule has 4 heteroatoms. The Hall–Kier alpha value is -1.16. The molecule has 0 amide bonds. The van der Waals surface area contributed by atoms with Crippen molar-refractivity contribution in [2.24, 2.45) is 0 Å². The molecule has 3 nitrogen and oxygen atoms in total. The molecule has 0 spiro atoms. The van der Waals surface area contributed by atoms with Crippen LogP contribution in [-0.2, 0) is 14.6 Å². The van der Waals surface area contributed by atoms with Gasteiger partial charge in [0, 0.05) is 0 Å². The van der Waals surface area contributed by atoms with E-state index < -0.39 is 15.1 Å². The molecule has 1 aromatic rings. The first kappa shape index (κ1) is 9.92. The summed E-state index contributed by atoms with van der Waals surface area (Å²) in [4.78, 5) is 10.4. The quantitative estimate of drug-likeness (QED) is 0.725. The Morgan fingerprint density at radius 3 is 2.23 bits per heavy atom. The number of hydrogen-bond donors (Lipinski definition) is 0. The molecule has 13 heavy (non-hydrogen) atoms. The minimum atomic E-state index is -3.51. The Kier molecular flexibility index (Phi) is 2.83. The average molecular weight is 197 g/mol. The first-order chi connectivity index (χ1) is 6.09. The van der Waals surface area contributed by atoms with E-state index in [0.29, 0.717) is 0 Å². The Bertz CT molecular complexity index is 381. The molecule has 0 saturated carbocycles. The van der Waals surface area contributed by atoms with Crippen molar-refractivity contribution in [3.8, 4) is 0 Å². The molecule has 1 radical (unpaired) electrons. The van der Waals surface area contributed by atoms with Crippen LogP contribution >= 0.6 is 0 Å². The van der Waals surface area contributed by atoms with Gasteiger partial charge in [0.2, 0.25) is 6.29 Å². The van der Waals surface area contributed by atoms with E-state index in [0.717, 1.165) is 0 Å². The van der Waals surface area contributed by atoms with Crippen LogP contribution in [-0.4, -0.2) is 20.0 Å². The third-order valence-electron chi connectivity index (χ3n) is 1.70. The van der Waals surface area contributed by atoms with Crippen LogP contribution in [0.5, 0.6) is 0 Å². The number of carbonyl (C=O) groups excluding carboxylic acids is 1. The van der Waals surface area contributed by atoms with E-state index in [4.69, 9.17) is 0 Å².